The Labute approximate surface area is 142 Å². The summed E-state index contributed by atoms with van der Waals surface area (Å²) in [5.41, 5.74) is 7.54. The Morgan fingerprint density at radius 2 is 1.84 bits per heavy atom. The zero-order valence-electron chi connectivity index (χ0n) is 13.3. The smallest absolute Gasteiger partial charge is 0.416 e. The number of nitrogen functional groups attached to an aromatic ring is 1. The van der Waals surface area contributed by atoms with Gasteiger partial charge in [-0.15, -0.1) is 0 Å². The molecule has 3 N–H and O–H groups in total. The Hall–Kier alpha value is -2.54. The lowest BCUT2D eigenvalue weighted by atomic mass is 9.92. The first-order chi connectivity index (χ1) is 11.7. The van der Waals surface area contributed by atoms with Crippen molar-refractivity contribution >= 4 is 11.7 Å². The number of alkyl halides is 3. The minimum absolute atomic E-state index is 0.153. The first kappa shape index (κ1) is 17.3. The molecule has 2 aromatic carbocycles. The fraction of sp³-hybridized carbons (Fsp3) is 0.278. The standard InChI is InChI=1S/C18H17F3N2O2/c19-18(20,21)14-4-3-12-8-16(17(24)25)23(10-13(12)7-14)9-11-1-5-15(22)6-2-11/h1-7,16H,8-10,22H2,(H,24,25)/t16-/m0/s1. The monoisotopic (exact) mass is 350 g/mol. The number of carbonyl (C=O) groups is 1. The molecular formula is C18H17F3N2O2. The lowest BCUT2D eigenvalue weighted by Gasteiger charge is -2.34. The second kappa shape index (κ2) is 6.40. The molecule has 1 aliphatic rings. The number of rotatable bonds is 3. The SMILES string of the molecule is Nc1ccc(CN2Cc3cc(C(F)(F)F)ccc3C[C@H]2C(=O)O)cc1. The molecule has 0 saturated heterocycles. The highest BCUT2D eigenvalue weighted by molar-refractivity contribution is 5.74. The van der Waals surface area contributed by atoms with Crippen molar-refractivity contribution in [2.75, 3.05) is 5.73 Å². The predicted octanol–water partition coefficient (Wildman–Crippen LogP) is 3.30. The lowest BCUT2D eigenvalue weighted by molar-refractivity contribution is -0.144. The molecule has 4 nitrogen and oxygen atoms in total. The molecule has 1 heterocycles. The Morgan fingerprint density at radius 3 is 2.44 bits per heavy atom. The number of anilines is 1. The van der Waals surface area contributed by atoms with Crippen molar-refractivity contribution in [1.29, 1.82) is 0 Å². The Kier molecular flexibility index (Phi) is 4.43. The van der Waals surface area contributed by atoms with Gasteiger partial charge in [0.25, 0.3) is 0 Å². The minimum atomic E-state index is -4.42. The van der Waals surface area contributed by atoms with Crippen LogP contribution >= 0.6 is 0 Å². The molecule has 3 rings (SSSR count). The number of hydrogen-bond donors (Lipinski definition) is 2. The zero-order valence-corrected chi connectivity index (χ0v) is 13.3. The molecule has 0 saturated carbocycles. The van der Waals surface area contributed by atoms with Crippen LogP contribution in [0.5, 0.6) is 0 Å². The van der Waals surface area contributed by atoms with Crippen LogP contribution in [0.15, 0.2) is 42.5 Å². The van der Waals surface area contributed by atoms with Gasteiger partial charge in [-0.1, -0.05) is 18.2 Å². The fourth-order valence-electron chi connectivity index (χ4n) is 3.08. The number of aliphatic carboxylic acids is 1. The van der Waals surface area contributed by atoms with Gasteiger partial charge in [0.05, 0.1) is 5.56 Å². The Morgan fingerprint density at radius 1 is 1.16 bits per heavy atom. The van der Waals surface area contributed by atoms with E-state index in [0.29, 0.717) is 23.4 Å². The number of fused-ring (bicyclic) bond motifs is 1. The van der Waals surface area contributed by atoms with Gasteiger partial charge in [-0.25, -0.2) is 0 Å². The van der Waals surface area contributed by atoms with Gasteiger partial charge in [0.1, 0.15) is 6.04 Å². The second-order valence-corrected chi connectivity index (χ2v) is 6.19. The topological polar surface area (TPSA) is 66.6 Å². The summed E-state index contributed by atoms with van der Waals surface area (Å²) in [4.78, 5) is 13.3. The molecule has 0 unspecified atom stereocenters. The van der Waals surface area contributed by atoms with Crippen molar-refractivity contribution in [2.24, 2.45) is 0 Å². The third-order valence-electron chi connectivity index (χ3n) is 4.41. The van der Waals surface area contributed by atoms with E-state index in [0.717, 1.165) is 17.7 Å². The molecule has 0 bridgehead atoms. The highest BCUT2D eigenvalue weighted by atomic mass is 19.4. The van der Waals surface area contributed by atoms with Crippen molar-refractivity contribution in [3.05, 3.63) is 64.7 Å². The molecule has 0 aromatic heterocycles. The largest absolute Gasteiger partial charge is 0.480 e. The molecule has 0 aliphatic carbocycles. The first-order valence-electron chi connectivity index (χ1n) is 7.74. The highest BCUT2D eigenvalue weighted by Gasteiger charge is 2.35. The summed E-state index contributed by atoms with van der Waals surface area (Å²) >= 11 is 0. The highest BCUT2D eigenvalue weighted by Crippen LogP contribution is 2.33. The lowest BCUT2D eigenvalue weighted by Crippen LogP contribution is -2.45. The first-order valence-corrected chi connectivity index (χ1v) is 7.74. The average Bonchev–Trinajstić information content (AvgIpc) is 2.54. The fourth-order valence-corrected chi connectivity index (χ4v) is 3.08. The Bertz CT molecular complexity index is 788. The van der Waals surface area contributed by atoms with Gasteiger partial charge in [0, 0.05) is 18.8 Å². The van der Waals surface area contributed by atoms with Crippen LogP contribution in [0.4, 0.5) is 18.9 Å². The van der Waals surface area contributed by atoms with Gasteiger partial charge in [0.15, 0.2) is 0 Å². The van der Waals surface area contributed by atoms with Crippen molar-refractivity contribution < 1.29 is 23.1 Å². The van der Waals surface area contributed by atoms with Crippen LogP contribution in [0.25, 0.3) is 0 Å². The summed E-state index contributed by atoms with van der Waals surface area (Å²) in [7, 11) is 0. The van der Waals surface area contributed by atoms with E-state index in [4.69, 9.17) is 5.73 Å². The van der Waals surface area contributed by atoms with Crippen LogP contribution < -0.4 is 5.73 Å². The molecule has 132 valence electrons. The molecule has 0 amide bonds. The van der Waals surface area contributed by atoms with Crippen LogP contribution in [0, 0.1) is 0 Å². The van der Waals surface area contributed by atoms with Gasteiger partial charge < -0.3 is 10.8 Å². The van der Waals surface area contributed by atoms with E-state index in [1.54, 1.807) is 29.2 Å². The van der Waals surface area contributed by atoms with E-state index in [1.165, 1.54) is 6.07 Å². The molecule has 0 spiro atoms. The van der Waals surface area contributed by atoms with E-state index in [2.05, 4.69) is 0 Å². The number of benzene rings is 2. The van der Waals surface area contributed by atoms with E-state index in [9.17, 15) is 23.1 Å². The van der Waals surface area contributed by atoms with Crippen molar-refractivity contribution in [1.82, 2.24) is 4.90 Å². The minimum Gasteiger partial charge on any atom is -0.480 e. The van der Waals surface area contributed by atoms with Gasteiger partial charge in [-0.05, 0) is 47.4 Å². The number of halogens is 3. The maximum atomic E-state index is 12.9. The maximum Gasteiger partial charge on any atom is 0.416 e. The third-order valence-corrected chi connectivity index (χ3v) is 4.41. The number of nitrogens with zero attached hydrogens (tertiary/aromatic N) is 1. The summed E-state index contributed by atoms with van der Waals surface area (Å²) < 4.78 is 38.8. The van der Waals surface area contributed by atoms with Gasteiger partial charge in [-0.2, -0.15) is 13.2 Å². The number of carboxylic acid groups (broad SMARTS) is 1. The van der Waals surface area contributed by atoms with Crippen LogP contribution in [0.1, 0.15) is 22.3 Å². The van der Waals surface area contributed by atoms with Crippen LogP contribution in [0.2, 0.25) is 0 Å². The Balaban J connectivity index is 1.90. The number of hydrogen-bond acceptors (Lipinski definition) is 3. The van der Waals surface area contributed by atoms with Crippen molar-refractivity contribution in [3.63, 3.8) is 0 Å². The zero-order chi connectivity index (χ0) is 18.2. The van der Waals surface area contributed by atoms with E-state index < -0.39 is 23.8 Å². The summed E-state index contributed by atoms with van der Waals surface area (Å²) in [5, 5.41) is 9.50. The van der Waals surface area contributed by atoms with Gasteiger partial charge in [-0.3, -0.25) is 9.69 Å². The van der Waals surface area contributed by atoms with Gasteiger partial charge >= 0.3 is 12.1 Å². The van der Waals surface area contributed by atoms with E-state index >= 15 is 0 Å². The molecular weight excluding hydrogens is 333 g/mol. The third kappa shape index (κ3) is 3.76. The van der Waals surface area contributed by atoms with Gasteiger partial charge in [0.2, 0.25) is 0 Å². The molecule has 0 radical (unpaired) electrons. The molecule has 7 heteroatoms. The normalized spacial score (nSPS) is 18.0. The molecule has 1 aliphatic heterocycles. The number of carboxylic acids is 1. The molecule has 25 heavy (non-hydrogen) atoms. The predicted molar refractivity (Wildman–Crippen MR) is 86.7 cm³/mol. The summed E-state index contributed by atoms with van der Waals surface area (Å²) in [6, 6.07) is 9.73. The van der Waals surface area contributed by atoms with Crippen molar-refractivity contribution in [2.45, 2.75) is 31.7 Å². The molecule has 0 fully saturated rings. The summed E-state index contributed by atoms with van der Waals surface area (Å²) in [5.74, 6) is -0.985. The maximum absolute atomic E-state index is 12.9. The van der Waals surface area contributed by atoms with Crippen LogP contribution in [0.3, 0.4) is 0 Å². The van der Waals surface area contributed by atoms with E-state index in [-0.39, 0.29) is 13.0 Å². The average molecular weight is 350 g/mol. The summed E-state index contributed by atoms with van der Waals surface area (Å²) in [6.45, 7) is 0.480. The molecule has 2 aromatic rings. The van der Waals surface area contributed by atoms with Crippen LogP contribution in [-0.2, 0) is 30.5 Å². The summed E-state index contributed by atoms with van der Waals surface area (Å²) in [6.07, 6.45) is -4.24. The van der Waals surface area contributed by atoms with Crippen LogP contribution in [-0.4, -0.2) is 22.0 Å². The number of nitrogens with two attached hydrogens (primary N) is 1. The second-order valence-electron chi connectivity index (χ2n) is 6.19. The molecule has 1 atom stereocenters. The van der Waals surface area contributed by atoms with E-state index in [1.807, 2.05) is 0 Å². The van der Waals surface area contributed by atoms with Crippen molar-refractivity contribution in [3.8, 4) is 0 Å². The quantitative estimate of drug-likeness (QED) is 0.834.